The Balaban J connectivity index is 1.54. The van der Waals surface area contributed by atoms with Gasteiger partial charge in [0.05, 0.1) is 28.7 Å². The molecule has 1 aromatic rings. The number of hydrogen-bond acceptors (Lipinski definition) is 5. The fraction of sp³-hybridized carbons (Fsp3) is 0.471. The van der Waals surface area contributed by atoms with Crippen LogP contribution >= 0.6 is 0 Å². The molecule has 23 heavy (non-hydrogen) atoms. The van der Waals surface area contributed by atoms with E-state index in [4.69, 9.17) is 9.57 Å². The number of benzene rings is 1. The third-order valence-electron chi connectivity index (χ3n) is 5.33. The standard InChI is InChI=1S/C17H17NO5/c1-16-6-8-17(9-7-16,10-22-16)15(21)23-18-13(19)11-4-2-3-5-12(11)14(18)20/h2-5H,6-10H2,1H3. The molecule has 0 atom stereocenters. The molecule has 0 N–H and O–H groups in total. The third-order valence-corrected chi connectivity index (χ3v) is 5.33. The molecule has 1 saturated carbocycles. The maximum absolute atomic E-state index is 12.6. The van der Waals surface area contributed by atoms with Crippen LogP contribution in [0.3, 0.4) is 0 Å². The fourth-order valence-corrected chi connectivity index (χ4v) is 3.55. The van der Waals surface area contributed by atoms with Crippen LogP contribution in [-0.2, 0) is 14.4 Å². The molecule has 6 nitrogen and oxygen atoms in total. The van der Waals surface area contributed by atoms with E-state index >= 15 is 0 Å². The Morgan fingerprint density at radius 3 is 2.13 bits per heavy atom. The number of amides is 2. The van der Waals surface area contributed by atoms with Gasteiger partial charge >= 0.3 is 5.97 Å². The smallest absolute Gasteiger partial charge is 0.341 e. The summed E-state index contributed by atoms with van der Waals surface area (Å²) in [6.45, 7) is 2.33. The summed E-state index contributed by atoms with van der Waals surface area (Å²) in [7, 11) is 0. The van der Waals surface area contributed by atoms with Crippen LogP contribution in [0.4, 0.5) is 0 Å². The molecular formula is C17H17NO5. The summed E-state index contributed by atoms with van der Waals surface area (Å²) in [5, 5.41) is 0.587. The van der Waals surface area contributed by atoms with E-state index in [1.165, 1.54) is 0 Å². The Hall–Kier alpha value is -2.21. The van der Waals surface area contributed by atoms with E-state index in [9.17, 15) is 14.4 Å². The van der Waals surface area contributed by atoms with Crippen LogP contribution in [0.25, 0.3) is 0 Å². The van der Waals surface area contributed by atoms with E-state index in [-0.39, 0.29) is 23.3 Å². The molecule has 3 heterocycles. The van der Waals surface area contributed by atoms with E-state index in [0.29, 0.717) is 17.9 Å². The quantitative estimate of drug-likeness (QED) is 0.781. The predicted octanol–water partition coefficient (Wildman–Crippen LogP) is 2.09. The maximum Gasteiger partial charge on any atom is 0.341 e. The van der Waals surface area contributed by atoms with E-state index in [1.807, 2.05) is 6.92 Å². The first-order valence-corrected chi connectivity index (χ1v) is 7.78. The summed E-state index contributed by atoms with van der Waals surface area (Å²) in [5.41, 5.74) is -0.372. The van der Waals surface area contributed by atoms with Gasteiger partial charge in [-0.05, 0) is 44.7 Å². The van der Waals surface area contributed by atoms with Crippen molar-refractivity contribution in [2.45, 2.75) is 38.2 Å². The first kappa shape index (κ1) is 14.4. The zero-order valence-corrected chi connectivity index (χ0v) is 12.8. The predicted molar refractivity (Wildman–Crippen MR) is 78.3 cm³/mol. The van der Waals surface area contributed by atoms with Crippen LogP contribution in [0.2, 0.25) is 0 Å². The monoisotopic (exact) mass is 315 g/mol. The summed E-state index contributed by atoms with van der Waals surface area (Å²) in [6, 6.07) is 6.45. The van der Waals surface area contributed by atoms with Gasteiger partial charge in [-0.3, -0.25) is 9.59 Å². The molecule has 5 rings (SSSR count). The normalized spacial score (nSPS) is 32.1. The minimum absolute atomic E-state index is 0.155. The van der Waals surface area contributed by atoms with Crippen molar-refractivity contribution in [3.05, 3.63) is 35.4 Å². The summed E-state index contributed by atoms with van der Waals surface area (Å²) in [6.07, 6.45) is 2.88. The first-order valence-electron chi connectivity index (χ1n) is 7.78. The second-order valence-corrected chi connectivity index (χ2v) is 6.85. The highest BCUT2D eigenvalue weighted by Crippen LogP contribution is 2.49. The van der Waals surface area contributed by atoms with E-state index in [1.54, 1.807) is 24.3 Å². The summed E-state index contributed by atoms with van der Waals surface area (Å²) in [5.74, 6) is -1.73. The lowest BCUT2D eigenvalue weighted by atomic mass is 9.67. The average molecular weight is 315 g/mol. The molecule has 120 valence electrons. The summed E-state index contributed by atoms with van der Waals surface area (Å²) in [4.78, 5) is 42.4. The molecule has 3 aliphatic heterocycles. The van der Waals surface area contributed by atoms with Gasteiger partial charge in [-0.1, -0.05) is 17.2 Å². The fourth-order valence-electron chi connectivity index (χ4n) is 3.55. The molecule has 2 amide bonds. The van der Waals surface area contributed by atoms with E-state index in [2.05, 4.69) is 0 Å². The van der Waals surface area contributed by atoms with Crippen molar-refractivity contribution in [3.63, 3.8) is 0 Å². The van der Waals surface area contributed by atoms with Gasteiger partial charge in [0.2, 0.25) is 0 Å². The molecule has 2 bridgehead atoms. The lowest BCUT2D eigenvalue weighted by Gasteiger charge is -2.49. The molecule has 0 unspecified atom stereocenters. The van der Waals surface area contributed by atoms with Crippen molar-refractivity contribution in [1.29, 1.82) is 0 Å². The molecule has 3 fully saturated rings. The van der Waals surface area contributed by atoms with Gasteiger partial charge in [-0.15, -0.1) is 0 Å². The Kier molecular flexibility index (Phi) is 2.90. The maximum atomic E-state index is 12.6. The SMILES string of the molecule is CC12CCC(C(=O)ON3C(=O)c4ccccc4C3=O)(CC1)CO2. The Labute approximate surface area is 133 Å². The number of hydroxylamine groups is 2. The van der Waals surface area contributed by atoms with Crippen molar-refractivity contribution in [2.75, 3.05) is 6.61 Å². The second kappa shape index (κ2) is 4.64. The van der Waals surface area contributed by atoms with Gasteiger partial charge in [-0.2, -0.15) is 0 Å². The van der Waals surface area contributed by atoms with Crippen LogP contribution in [0.5, 0.6) is 0 Å². The highest BCUT2D eigenvalue weighted by atomic mass is 16.7. The summed E-state index contributed by atoms with van der Waals surface area (Å²) < 4.78 is 5.78. The van der Waals surface area contributed by atoms with Crippen LogP contribution in [0, 0.1) is 5.41 Å². The molecule has 2 saturated heterocycles. The largest absolute Gasteiger partial charge is 0.374 e. The van der Waals surface area contributed by atoms with Gasteiger partial charge in [0.1, 0.15) is 0 Å². The molecule has 1 aromatic carbocycles. The van der Waals surface area contributed by atoms with Gasteiger partial charge in [-0.25, -0.2) is 4.79 Å². The number of nitrogens with zero attached hydrogens (tertiary/aromatic N) is 1. The summed E-state index contributed by atoms with van der Waals surface area (Å²) >= 11 is 0. The Morgan fingerprint density at radius 2 is 1.65 bits per heavy atom. The van der Waals surface area contributed by atoms with Gasteiger partial charge < -0.3 is 9.57 Å². The van der Waals surface area contributed by atoms with E-state index in [0.717, 1.165) is 12.8 Å². The van der Waals surface area contributed by atoms with Crippen molar-refractivity contribution >= 4 is 17.8 Å². The number of imide groups is 1. The number of hydrogen-bond donors (Lipinski definition) is 0. The lowest BCUT2D eigenvalue weighted by Crippen LogP contribution is -2.54. The third kappa shape index (κ3) is 2.01. The number of rotatable bonds is 2. The zero-order chi connectivity index (χ0) is 16.2. The number of ether oxygens (including phenoxy) is 1. The topological polar surface area (TPSA) is 72.9 Å². The van der Waals surface area contributed by atoms with Gasteiger partial charge in [0.15, 0.2) is 0 Å². The van der Waals surface area contributed by atoms with Crippen molar-refractivity contribution in [2.24, 2.45) is 5.41 Å². The number of carbonyl (C=O) groups excluding carboxylic acids is 3. The molecule has 0 aromatic heterocycles. The number of fused-ring (bicyclic) bond motifs is 4. The molecule has 6 heteroatoms. The number of carbonyl (C=O) groups is 3. The average Bonchev–Trinajstić information content (AvgIpc) is 2.81. The van der Waals surface area contributed by atoms with Crippen molar-refractivity contribution in [3.8, 4) is 0 Å². The molecule has 0 spiro atoms. The molecule has 0 radical (unpaired) electrons. The van der Waals surface area contributed by atoms with Crippen molar-refractivity contribution in [1.82, 2.24) is 5.06 Å². The molecule has 4 aliphatic rings. The van der Waals surface area contributed by atoms with Crippen LogP contribution < -0.4 is 0 Å². The van der Waals surface area contributed by atoms with E-state index < -0.39 is 23.2 Å². The van der Waals surface area contributed by atoms with Crippen molar-refractivity contribution < 1.29 is 24.0 Å². The van der Waals surface area contributed by atoms with Gasteiger partial charge in [0.25, 0.3) is 11.8 Å². The highest BCUT2D eigenvalue weighted by Gasteiger charge is 2.54. The van der Waals surface area contributed by atoms with Crippen LogP contribution in [-0.4, -0.2) is 35.1 Å². The molecular weight excluding hydrogens is 298 g/mol. The minimum atomic E-state index is -0.743. The minimum Gasteiger partial charge on any atom is -0.374 e. The van der Waals surface area contributed by atoms with Gasteiger partial charge in [0, 0.05) is 0 Å². The second-order valence-electron chi connectivity index (χ2n) is 6.85. The van der Waals surface area contributed by atoms with Crippen LogP contribution in [0.1, 0.15) is 53.3 Å². The first-order chi connectivity index (χ1) is 10.9. The van der Waals surface area contributed by atoms with Crippen LogP contribution in [0.15, 0.2) is 24.3 Å². The molecule has 1 aliphatic carbocycles. The highest BCUT2D eigenvalue weighted by molar-refractivity contribution is 6.20. The lowest BCUT2D eigenvalue weighted by molar-refractivity contribution is -0.216. The Morgan fingerprint density at radius 1 is 1.09 bits per heavy atom. The zero-order valence-electron chi connectivity index (χ0n) is 12.8. The Bertz CT molecular complexity index is 666.